The molecule has 0 aromatic rings. The first kappa shape index (κ1) is 65.8. The minimum Gasteiger partial charge on any atom is -0.462 e. The normalized spacial score (nSPS) is 12.6. The number of hydrogen-bond donors (Lipinski definition) is 0. The van der Waals surface area contributed by atoms with Gasteiger partial charge < -0.3 is 14.2 Å². The zero-order valence-corrected chi connectivity index (χ0v) is 45.6. The molecule has 0 aliphatic carbocycles. The Bertz CT molecular complexity index is 1290. The van der Waals surface area contributed by atoms with Crippen LogP contribution in [0.1, 0.15) is 290 Å². The van der Waals surface area contributed by atoms with Crippen molar-refractivity contribution in [2.75, 3.05) is 13.2 Å². The molecule has 0 saturated heterocycles. The Balaban J connectivity index is 4.47. The predicted molar refractivity (Wildman–Crippen MR) is 298 cm³/mol. The van der Waals surface area contributed by atoms with Gasteiger partial charge in [0.1, 0.15) is 13.2 Å². The van der Waals surface area contributed by atoms with E-state index in [4.69, 9.17) is 14.2 Å². The summed E-state index contributed by atoms with van der Waals surface area (Å²) in [6.45, 7) is 6.55. The Morgan fingerprint density at radius 3 is 0.928 bits per heavy atom. The third kappa shape index (κ3) is 55.6. The molecular weight excluding hydrogens is 853 g/mol. The monoisotopic (exact) mass is 963 g/mol. The van der Waals surface area contributed by atoms with E-state index < -0.39 is 6.10 Å². The maximum atomic E-state index is 12.9. The standard InChI is InChI=1S/C63H110O6/c1-4-7-10-13-16-19-22-25-28-30-31-33-36-39-42-45-48-51-54-57-63(66)69-60(58-67-61(64)55-52-49-46-43-40-37-34-27-24-21-18-15-12-9-6-3)59-68-62(65)56-53-50-47-44-41-38-35-32-29-26-23-20-17-14-11-8-5-2/h18,21,26-27,29,34-35,38,40,43-44,47,60H,4-17,19-20,22-25,28,30-33,36-37,39,41-42,45-46,48-59H2,1-3H3/b21-18-,29-26-,34-27-,38-35-,43-40-,47-44-/t60-/m1/s1. The Morgan fingerprint density at radius 1 is 0.290 bits per heavy atom. The highest BCUT2D eigenvalue weighted by Gasteiger charge is 2.19. The number of ether oxygens (including phenoxy) is 3. The molecule has 0 N–H and O–H groups in total. The largest absolute Gasteiger partial charge is 0.462 e. The average Bonchev–Trinajstić information content (AvgIpc) is 3.35. The van der Waals surface area contributed by atoms with E-state index in [1.807, 2.05) is 0 Å². The SMILES string of the molecule is CCCCC/C=C\C/C=C\C/C=C\CCCCC(=O)OC[C@H](COC(=O)CCC/C=C\C/C=C\C/C=C\CCCCCCCC)OC(=O)CCCCCCCCCCCCCCCCCCCCC. The minimum atomic E-state index is -0.810. The Morgan fingerprint density at radius 2 is 0.536 bits per heavy atom. The van der Waals surface area contributed by atoms with E-state index in [1.165, 1.54) is 173 Å². The zero-order chi connectivity index (χ0) is 50.0. The molecule has 0 saturated carbocycles. The first-order valence-electron chi connectivity index (χ1n) is 29.4. The average molecular weight is 964 g/mol. The summed E-state index contributed by atoms with van der Waals surface area (Å²) < 4.78 is 16.8. The Hall–Kier alpha value is -3.15. The molecule has 0 unspecified atom stereocenters. The summed E-state index contributed by atoms with van der Waals surface area (Å²) in [7, 11) is 0. The van der Waals surface area contributed by atoms with Crippen LogP contribution in [-0.2, 0) is 28.6 Å². The van der Waals surface area contributed by atoms with Gasteiger partial charge in [0.15, 0.2) is 6.10 Å². The van der Waals surface area contributed by atoms with E-state index in [2.05, 4.69) is 93.7 Å². The molecule has 1 atom stereocenters. The van der Waals surface area contributed by atoms with Crippen molar-refractivity contribution in [3.8, 4) is 0 Å². The summed E-state index contributed by atoms with van der Waals surface area (Å²) in [4.78, 5) is 38.1. The lowest BCUT2D eigenvalue weighted by Crippen LogP contribution is -2.30. The van der Waals surface area contributed by atoms with E-state index in [9.17, 15) is 14.4 Å². The number of carbonyl (C=O) groups excluding carboxylic acids is 3. The van der Waals surface area contributed by atoms with Crippen LogP contribution >= 0.6 is 0 Å². The molecule has 0 bridgehead atoms. The van der Waals surface area contributed by atoms with Crippen molar-refractivity contribution < 1.29 is 28.6 Å². The van der Waals surface area contributed by atoms with Gasteiger partial charge in [-0.25, -0.2) is 0 Å². The number of carbonyl (C=O) groups is 3. The fourth-order valence-corrected chi connectivity index (χ4v) is 8.23. The quantitative estimate of drug-likeness (QED) is 0.0262. The molecule has 0 aliphatic heterocycles. The van der Waals surface area contributed by atoms with Crippen molar-refractivity contribution in [3.63, 3.8) is 0 Å². The number of rotatable bonds is 53. The summed E-state index contributed by atoms with van der Waals surface area (Å²) in [6, 6.07) is 0. The molecule has 0 radical (unpaired) electrons. The second-order valence-electron chi connectivity index (χ2n) is 19.6. The van der Waals surface area contributed by atoms with Crippen LogP contribution in [0.4, 0.5) is 0 Å². The van der Waals surface area contributed by atoms with Gasteiger partial charge in [-0.3, -0.25) is 14.4 Å². The second-order valence-corrected chi connectivity index (χ2v) is 19.6. The van der Waals surface area contributed by atoms with Crippen LogP contribution in [0.15, 0.2) is 72.9 Å². The molecule has 6 heteroatoms. The lowest BCUT2D eigenvalue weighted by Gasteiger charge is -2.18. The van der Waals surface area contributed by atoms with E-state index >= 15 is 0 Å². The van der Waals surface area contributed by atoms with Gasteiger partial charge in [0.05, 0.1) is 0 Å². The zero-order valence-electron chi connectivity index (χ0n) is 45.6. The van der Waals surface area contributed by atoms with Crippen molar-refractivity contribution in [1.82, 2.24) is 0 Å². The van der Waals surface area contributed by atoms with Gasteiger partial charge in [0.2, 0.25) is 0 Å². The lowest BCUT2D eigenvalue weighted by molar-refractivity contribution is -0.167. The van der Waals surface area contributed by atoms with Gasteiger partial charge in [-0.05, 0) is 89.9 Å². The van der Waals surface area contributed by atoms with Crippen molar-refractivity contribution in [1.29, 1.82) is 0 Å². The van der Waals surface area contributed by atoms with Crippen LogP contribution < -0.4 is 0 Å². The van der Waals surface area contributed by atoms with E-state index in [0.29, 0.717) is 19.3 Å². The topological polar surface area (TPSA) is 78.9 Å². The van der Waals surface area contributed by atoms with Gasteiger partial charge in [0.25, 0.3) is 0 Å². The fourth-order valence-electron chi connectivity index (χ4n) is 8.23. The molecule has 0 fully saturated rings. The molecule has 0 aliphatic rings. The van der Waals surface area contributed by atoms with Gasteiger partial charge in [-0.15, -0.1) is 0 Å². The number of esters is 3. The van der Waals surface area contributed by atoms with E-state index in [-0.39, 0.29) is 37.5 Å². The van der Waals surface area contributed by atoms with Crippen LogP contribution in [0.3, 0.4) is 0 Å². The number of hydrogen-bond acceptors (Lipinski definition) is 6. The van der Waals surface area contributed by atoms with Crippen molar-refractivity contribution >= 4 is 17.9 Å². The molecule has 398 valence electrons. The molecule has 0 aromatic heterocycles. The molecular formula is C63H110O6. The molecule has 0 rings (SSSR count). The fraction of sp³-hybridized carbons (Fsp3) is 0.762. The van der Waals surface area contributed by atoms with Crippen LogP contribution in [0.5, 0.6) is 0 Å². The van der Waals surface area contributed by atoms with E-state index in [0.717, 1.165) is 70.6 Å². The molecule has 0 aromatic carbocycles. The third-order valence-corrected chi connectivity index (χ3v) is 12.7. The van der Waals surface area contributed by atoms with Crippen LogP contribution in [0.25, 0.3) is 0 Å². The molecule has 0 heterocycles. The van der Waals surface area contributed by atoms with E-state index in [1.54, 1.807) is 0 Å². The maximum Gasteiger partial charge on any atom is 0.306 e. The van der Waals surface area contributed by atoms with Crippen molar-refractivity contribution in [3.05, 3.63) is 72.9 Å². The highest BCUT2D eigenvalue weighted by molar-refractivity contribution is 5.71. The van der Waals surface area contributed by atoms with Crippen LogP contribution in [0.2, 0.25) is 0 Å². The second kappa shape index (κ2) is 57.4. The van der Waals surface area contributed by atoms with Gasteiger partial charge in [-0.2, -0.15) is 0 Å². The van der Waals surface area contributed by atoms with Crippen LogP contribution in [-0.4, -0.2) is 37.2 Å². The van der Waals surface area contributed by atoms with Gasteiger partial charge >= 0.3 is 17.9 Å². The Labute approximate surface area is 427 Å². The highest BCUT2D eigenvalue weighted by atomic mass is 16.6. The first-order valence-corrected chi connectivity index (χ1v) is 29.4. The summed E-state index contributed by atoms with van der Waals surface area (Å²) in [6.07, 6.45) is 73.3. The van der Waals surface area contributed by atoms with Crippen molar-refractivity contribution in [2.24, 2.45) is 0 Å². The summed E-state index contributed by atoms with van der Waals surface area (Å²) in [5.74, 6) is -0.985. The lowest BCUT2D eigenvalue weighted by atomic mass is 10.0. The number of unbranched alkanes of at least 4 members (excludes halogenated alkanes) is 30. The maximum absolute atomic E-state index is 12.9. The minimum absolute atomic E-state index is 0.109. The smallest absolute Gasteiger partial charge is 0.306 e. The van der Waals surface area contributed by atoms with Crippen LogP contribution in [0, 0.1) is 0 Å². The number of allylic oxidation sites excluding steroid dienone is 12. The summed E-state index contributed by atoms with van der Waals surface area (Å²) in [5.41, 5.74) is 0. The highest BCUT2D eigenvalue weighted by Crippen LogP contribution is 2.16. The molecule has 0 spiro atoms. The molecule has 6 nitrogen and oxygen atoms in total. The van der Waals surface area contributed by atoms with Crippen molar-refractivity contribution in [2.45, 2.75) is 297 Å². The first-order chi connectivity index (χ1) is 34.0. The Kier molecular flexibility index (Phi) is 54.8. The molecule has 0 amide bonds. The predicted octanol–water partition coefficient (Wildman–Crippen LogP) is 19.8. The third-order valence-electron chi connectivity index (χ3n) is 12.7. The summed E-state index contributed by atoms with van der Waals surface area (Å²) in [5, 5.41) is 0. The summed E-state index contributed by atoms with van der Waals surface area (Å²) >= 11 is 0. The van der Waals surface area contributed by atoms with Gasteiger partial charge in [-0.1, -0.05) is 254 Å². The van der Waals surface area contributed by atoms with Gasteiger partial charge in [0, 0.05) is 19.3 Å². The molecule has 69 heavy (non-hydrogen) atoms.